The molecule has 0 aromatic heterocycles. The summed E-state index contributed by atoms with van der Waals surface area (Å²) in [5.41, 5.74) is 0. The topological polar surface area (TPSA) is 785 Å². The molecule has 9 fully saturated rings. The molecular formula is C67H112N4O47. The lowest BCUT2D eigenvalue weighted by atomic mass is 9.87. The van der Waals surface area contributed by atoms with Gasteiger partial charge in [0.2, 0.25) is 23.6 Å². The highest BCUT2D eigenvalue weighted by Gasteiger charge is 2.62. The Morgan fingerprint density at radius 3 is 1.17 bits per heavy atom. The fourth-order valence-electron chi connectivity index (χ4n) is 15.5. The molecule has 9 saturated heterocycles. The van der Waals surface area contributed by atoms with Gasteiger partial charge in [0.15, 0.2) is 44.0 Å². The smallest absolute Gasteiger partial charge is 0.332 e. The van der Waals surface area contributed by atoms with E-state index in [0.717, 1.165) is 27.7 Å². The highest BCUT2D eigenvalue weighted by Crippen LogP contribution is 2.43. The summed E-state index contributed by atoms with van der Waals surface area (Å²) in [5.74, 6) is -7.38. The summed E-state index contributed by atoms with van der Waals surface area (Å²) in [5, 5.41) is 279. The normalized spacial score (nSPS) is 47.5. The Labute approximate surface area is 670 Å². The van der Waals surface area contributed by atoms with Crippen molar-refractivity contribution in [1.82, 2.24) is 21.3 Å². The summed E-state index contributed by atoms with van der Waals surface area (Å²) < 4.78 is 107. The van der Waals surface area contributed by atoms with E-state index in [1.807, 2.05) is 0 Å². The van der Waals surface area contributed by atoms with Crippen LogP contribution < -0.4 is 21.3 Å². The monoisotopic (exact) mass is 1720 g/mol. The number of carbonyl (C=O) groups excluding carboxylic acids is 5. The SMILES string of the molecule is CC(=O)NC1C(O)[C@H](O)C(CO)O[C@H]1OC1[C@@H](OCC2O[C@@H](O[C@@H]3C(CO)O[C@@H](O[C@@H]4C(CO)O[C@@H](C)C(NC(C)=O)[C@H]4O)C(NC(C)=O)[C@H]3O)C(O)[C@@H](OC3O[C@H](CO)[C@@H](O)C(O)C3O[C@@H]3OC(CO)[C@@H](O[C@@H]4OC(CO)[C@H](O)[C@H](O[C@]5(OC=O)CC(O)[C@@H](C)C([C@H](O)[C@H](O)CO)O5)C4O)[C@H](O)C3NC(C)=O)[C@@H]2O)OC(CO)[C@@H](O)[C@@H]1O. The molecule has 4 amide bonds. The van der Waals surface area contributed by atoms with E-state index in [1.165, 1.54) is 13.8 Å². The van der Waals surface area contributed by atoms with Crippen molar-refractivity contribution in [1.29, 1.82) is 0 Å². The van der Waals surface area contributed by atoms with E-state index in [9.17, 15) is 147 Å². The van der Waals surface area contributed by atoms with Crippen LogP contribution in [0.1, 0.15) is 48.0 Å². The number of ether oxygens (including phenoxy) is 18. The van der Waals surface area contributed by atoms with Crippen LogP contribution in [0.2, 0.25) is 0 Å². The summed E-state index contributed by atoms with van der Waals surface area (Å²) in [7, 11) is 0. The molecule has 20 unspecified atom stereocenters. The molecule has 9 aliphatic rings. The van der Waals surface area contributed by atoms with Crippen LogP contribution >= 0.6 is 0 Å². The van der Waals surface area contributed by atoms with E-state index in [4.69, 9.17) is 85.3 Å². The Morgan fingerprint density at radius 1 is 0.381 bits per heavy atom. The number of amides is 4. The van der Waals surface area contributed by atoms with Crippen molar-refractivity contribution in [2.24, 2.45) is 5.92 Å². The van der Waals surface area contributed by atoms with Crippen LogP contribution in [0.3, 0.4) is 0 Å². The van der Waals surface area contributed by atoms with Crippen LogP contribution in [0.15, 0.2) is 0 Å². The molecule has 118 heavy (non-hydrogen) atoms. The van der Waals surface area contributed by atoms with Gasteiger partial charge < -0.3 is 229 Å². The molecule has 0 aromatic carbocycles. The molecule has 46 atom stereocenters. The zero-order valence-electron chi connectivity index (χ0n) is 64.3. The van der Waals surface area contributed by atoms with Crippen LogP contribution in [0, 0.1) is 5.92 Å². The molecule has 0 aromatic rings. The lowest BCUT2D eigenvalue weighted by Gasteiger charge is -2.51. The van der Waals surface area contributed by atoms with E-state index in [0.29, 0.717) is 0 Å². The van der Waals surface area contributed by atoms with Gasteiger partial charge in [-0.15, -0.1) is 0 Å². The van der Waals surface area contributed by atoms with E-state index < -0.39 is 371 Å². The van der Waals surface area contributed by atoms with Crippen LogP contribution in [0.25, 0.3) is 0 Å². The molecule has 0 aliphatic carbocycles. The van der Waals surface area contributed by atoms with Crippen LogP contribution in [-0.4, -0.2) is 488 Å². The van der Waals surface area contributed by atoms with Crippen molar-refractivity contribution in [3.8, 4) is 0 Å². The van der Waals surface area contributed by atoms with Crippen molar-refractivity contribution in [3.63, 3.8) is 0 Å². The Hall–Kier alpha value is -4.29. The highest BCUT2D eigenvalue weighted by molar-refractivity contribution is 5.74. The molecule has 9 aliphatic heterocycles. The zero-order chi connectivity index (χ0) is 87.1. The van der Waals surface area contributed by atoms with E-state index in [-0.39, 0.29) is 6.47 Å². The lowest BCUT2D eigenvalue weighted by Crippen LogP contribution is -2.71. The van der Waals surface area contributed by atoms with Gasteiger partial charge >= 0.3 is 5.97 Å². The quantitative estimate of drug-likeness (QED) is 0.0214. The maximum Gasteiger partial charge on any atom is 0.332 e. The molecule has 0 radical (unpaired) electrons. The molecule has 0 spiro atoms. The Bertz CT molecular complexity index is 3180. The second-order valence-electron chi connectivity index (χ2n) is 30.1. The highest BCUT2D eigenvalue weighted by atomic mass is 16.9. The number of carbonyl (C=O) groups is 5. The van der Waals surface area contributed by atoms with Gasteiger partial charge in [0.25, 0.3) is 6.47 Å². The number of aliphatic hydroxyl groups excluding tert-OH is 24. The average Bonchev–Trinajstić information content (AvgIpc) is 0.762. The van der Waals surface area contributed by atoms with Crippen LogP contribution in [0.4, 0.5) is 0 Å². The van der Waals surface area contributed by atoms with Gasteiger partial charge in [-0.25, -0.2) is 0 Å². The third-order valence-corrected chi connectivity index (χ3v) is 21.9. The predicted molar refractivity (Wildman–Crippen MR) is 367 cm³/mol. The molecule has 28 N–H and O–H groups in total. The van der Waals surface area contributed by atoms with Gasteiger partial charge in [0, 0.05) is 33.6 Å². The molecule has 9 rings (SSSR count). The maximum atomic E-state index is 13.2. The summed E-state index contributed by atoms with van der Waals surface area (Å²) in [6, 6.07) is -6.88. The third kappa shape index (κ3) is 21.6. The van der Waals surface area contributed by atoms with Crippen molar-refractivity contribution < 1.29 is 232 Å². The summed E-state index contributed by atoms with van der Waals surface area (Å²) in [4.78, 5) is 63.0. The standard InChI is InChI=1S/C67H112N4O47/c1-18-24(85)7-67(102-17-80,117-52(18)38(87)25(86)8-72)118-57-42(91)29(12-76)105-64(51(57)100)113-55-32(15-79)109-62(37(47(55)96)71-23(6)84)116-59-49(98)41(90)28(11-75)107-66(59)114-56-43(92)33(16-101-65-58(48(97)40(89)27(10-74)106-65)115-60-35(69-21(4)82)44(93)39(88)26(9-73)104-60)110-63(50(56)99)112-54-31(14-78)108-61(36(46(54)95)70-22(5)83)111-53-30(13-77)103-19(2)34(45(53)94)68-20(3)81/h17-19,24-66,72-79,85-100H,7-16H2,1-6H3,(H,68,81)(H,69,82)(H,70,83)(H,71,84)/t18-,19+,24?,25-,26?,27?,28-,29?,30?,31?,32?,33?,34?,35?,36?,37?,38-,39-,40-,41-,42+,43-,44?,45-,46-,47-,48+,49?,50?,51?,52?,53-,54-,55-,56+,57+,58?,59?,60+,61+,62+,63+,64+,65+,66?,67+/m1/s1. The predicted octanol–water partition coefficient (Wildman–Crippen LogP) is -18.5. The molecule has 682 valence electrons. The van der Waals surface area contributed by atoms with Gasteiger partial charge in [-0.2, -0.15) is 0 Å². The molecule has 51 heteroatoms. The first-order valence-electron chi connectivity index (χ1n) is 37.9. The fraction of sp³-hybridized carbons (Fsp3) is 0.925. The largest absolute Gasteiger partial charge is 0.410 e. The maximum absolute atomic E-state index is 13.2. The number of hydrogen-bond donors (Lipinski definition) is 28. The first-order chi connectivity index (χ1) is 55.8. The minimum Gasteiger partial charge on any atom is -0.410 e. The number of nitrogens with one attached hydrogen (secondary N) is 4. The molecule has 51 nitrogen and oxygen atoms in total. The van der Waals surface area contributed by atoms with Gasteiger partial charge in [0.05, 0.1) is 90.2 Å². The van der Waals surface area contributed by atoms with Gasteiger partial charge in [-0.05, 0) is 6.92 Å². The van der Waals surface area contributed by atoms with Crippen molar-refractivity contribution in [2.45, 2.75) is 324 Å². The summed E-state index contributed by atoms with van der Waals surface area (Å²) in [6.45, 7) is -3.32. The molecular weight excluding hydrogens is 1610 g/mol. The summed E-state index contributed by atoms with van der Waals surface area (Å²) >= 11 is 0. The average molecular weight is 1730 g/mol. The summed E-state index contributed by atoms with van der Waals surface area (Å²) in [6.07, 6.45) is -83.0. The van der Waals surface area contributed by atoms with Crippen molar-refractivity contribution in [3.05, 3.63) is 0 Å². The van der Waals surface area contributed by atoms with E-state index in [1.54, 1.807) is 0 Å². The van der Waals surface area contributed by atoms with Crippen LogP contribution in [0.5, 0.6) is 0 Å². The Morgan fingerprint density at radius 2 is 0.720 bits per heavy atom. The van der Waals surface area contributed by atoms with Gasteiger partial charge in [-0.3, -0.25) is 24.0 Å². The zero-order valence-corrected chi connectivity index (χ0v) is 64.3. The van der Waals surface area contributed by atoms with E-state index >= 15 is 0 Å². The number of aliphatic hydroxyl groups is 24. The Kier molecular flexibility index (Phi) is 35.2. The first-order valence-corrected chi connectivity index (χ1v) is 37.9. The van der Waals surface area contributed by atoms with Gasteiger partial charge in [-0.1, -0.05) is 6.92 Å². The van der Waals surface area contributed by atoms with Crippen molar-refractivity contribution in [2.75, 3.05) is 59.5 Å². The minimum atomic E-state index is -2.88. The fourth-order valence-corrected chi connectivity index (χ4v) is 15.5. The third-order valence-electron chi connectivity index (χ3n) is 21.9. The number of rotatable bonds is 33. The van der Waals surface area contributed by atoms with E-state index in [2.05, 4.69) is 21.3 Å². The molecule has 9 heterocycles. The number of hydrogen-bond acceptors (Lipinski definition) is 47. The van der Waals surface area contributed by atoms with Gasteiger partial charge in [0.1, 0.15) is 201 Å². The lowest BCUT2D eigenvalue weighted by molar-refractivity contribution is -0.448. The Balaban J connectivity index is 1.04. The second kappa shape index (κ2) is 42.6. The minimum absolute atomic E-state index is 0.249. The molecule has 0 saturated carbocycles. The van der Waals surface area contributed by atoms with Crippen LogP contribution in [-0.2, 0) is 109 Å². The molecule has 0 bridgehead atoms. The van der Waals surface area contributed by atoms with Crippen molar-refractivity contribution >= 4 is 30.1 Å². The first kappa shape index (κ1) is 97.5. The second-order valence-corrected chi connectivity index (χ2v) is 30.1.